The molecule has 0 unspecified atom stereocenters. The Labute approximate surface area is 132 Å². The average Bonchev–Trinajstić information content (AvgIpc) is 2.54. The van der Waals surface area contributed by atoms with Gasteiger partial charge in [0, 0.05) is 12.0 Å². The number of hydrogen-bond acceptors (Lipinski definition) is 3. The summed E-state index contributed by atoms with van der Waals surface area (Å²) in [5.74, 6) is -2.25. The van der Waals surface area contributed by atoms with Crippen molar-refractivity contribution in [1.82, 2.24) is 5.32 Å². The second-order valence-electron chi connectivity index (χ2n) is 4.89. The molecule has 5 nitrogen and oxygen atoms in total. The van der Waals surface area contributed by atoms with Gasteiger partial charge in [-0.1, -0.05) is 12.1 Å². The maximum atomic E-state index is 13.2. The highest BCUT2D eigenvalue weighted by atomic mass is 19.1. The van der Waals surface area contributed by atoms with Crippen molar-refractivity contribution in [3.05, 3.63) is 71.0 Å². The lowest BCUT2D eigenvalue weighted by Crippen LogP contribution is -2.42. The number of nitrogens with zero attached hydrogens (tertiary/aromatic N) is 1. The monoisotopic (exact) mass is 312 g/mol. The largest absolute Gasteiger partial charge is 0.480 e. The summed E-state index contributed by atoms with van der Waals surface area (Å²) in [6, 6.07) is 12.1. The number of halogens is 1. The summed E-state index contributed by atoms with van der Waals surface area (Å²) in [7, 11) is 0. The van der Waals surface area contributed by atoms with Crippen LogP contribution >= 0.6 is 0 Å². The zero-order valence-electron chi connectivity index (χ0n) is 12.0. The minimum absolute atomic E-state index is 0.0326. The van der Waals surface area contributed by atoms with Crippen LogP contribution in [0.4, 0.5) is 4.39 Å². The number of aliphatic carboxylic acids is 1. The van der Waals surface area contributed by atoms with Crippen LogP contribution in [-0.2, 0) is 11.2 Å². The molecule has 0 saturated carbocycles. The van der Waals surface area contributed by atoms with Crippen LogP contribution in [0.25, 0.3) is 0 Å². The van der Waals surface area contributed by atoms with Crippen LogP contribution < -0.4 is 5.32 Å². The summed E-state index contributed by atoms with van der Waals surface area (Å²) >= 11 is 0. The van der Waals surface area contributed by atoms with Crippen molar-refractivity contribution in [2.24, 2.45) is 0 Å². The molecule has 0 bridgehead atoms. The van der Waals surface area contributed by atoms with Crippen molar-refractivity contribution in [3.63, 3.8) is 0 Å². The first-order chi connectivity index (χ1) is 11.0. The highest BCUT2D eigenvalue weighted by Crippen LogP contribution is 2.08. The molecule has 0 spiro atoms. The van der Waals surface area contributed by atoms with Gasteiger partial charge in [-0.15, -0.1) is 0 Å². The molecule has 0 aliphatic carbocycles. The van der Waals surface area contributed by atoms with Gasteiger partial charge in [0.25, 0.3) is 5.91 Å². The smallest absolute Gasteiger partial charge is 0.326 e. The third-order valence-electron chi connectivity index (χ3n) is 3.21. The molecule has 1 amide bonds. The number of hydrogen-bond donors (Lipinski definition) is 2. The van der Waals surface area contributed by atoms with Crippen LogP contribution in [-0.4, -0.2) is 23.0 Å². The Hall–Kier alpha value is -3.20. The minimum atomic E-state index is -1.21. The number of carboxylic acid groups (broad SMARTS) is 1. The lowest BCUT2D eigenvalue weighted by atomic mass is 10.0. The Kier molecular flexibility index (Phi) is 5.05. The molecule has 116 valence electrons. The lowest BCUT2D eigenvalue weighted by molar-refractivity contribution is -0.139. The lowest BCUT2D eigenvalue weighted by Gasteiger charge is -2.14. The summed E-state index contributed by atoms with van der Waals surface area (Å²) in [6.07, 6.45) is -0.0326. The van der Waals surface area contributed by atoms with Gasteiger partial charge < -0.3 is 10.4 Å². The Morgan fingerprint density at radius 1 is 1.22 bits per heavy atom. The molecule has 0 fully saturated rings. The summed E-state index contributed by atoms with van der Waals surface area (Å²) in [6.45, 7) is 0. The molecule has 2 rings (SSSR count). The van der Waals surface area contributed by atoms with E-state index in [0.717, 1.165) is 0 Å². The fourth-order valence-corrected chi connectivity index (χ4v) is 2.04. The van der Waals surface area contributed by atoms with Crippen molar-refractivity contribution >= 4 is 11.9 Å². The second-order valence-corrected chi connectivity index (χ2v) is 4.89. The number of rotatable bonds is 5. The third-order valence-corrected chi connectivity index (χ3v) is 3.21. The van der Waals surface area contributed by atoms with Crippen LogP contribution in [0.15, 0.2) is 48.5 Å². The van der Waals surface area contributed by atoms with E-state index in [1.54, 1.807) is 6.07 Å². The number of benzene rings is 2. The fourth-order valence-electron chi connectivity index (χ4n) is 2.04. The molecule has 0 heterocycles. The second kappa shape index (κ2) is 7.18. The Bertz CT molecular complexity index is 766. The van der Waals surface area contributed by atoms with Gasteiger partial charge in [-0.2, -0.15) is 5.26 Å². The molecule has 6 heteroatoms. The first-order valence-corrected chi connectivity index (χ1v) is 6.78. The van der Waals surface area contributed by atoms with Crippen LogP contribution in [0.3, 0.4) is 0 Å². The van der Waals surface area contributed by atoms with Gasteiger partial charge >= 0.3 is 5.97 Å². The minimum Gasteiger partial charge on any atom is -0.480 e. The van der Waals surface area contributed by atoms with Crippen molar-refractivity contribution in [3.8, 4) is 6.07 Å². The first kappa shape index (κ1) is 16.2. The molecule has 0 saturated heterocycles. The van der Waals surface area contributed by atoms with Crippen LogP contribution in [0.5, 0.6) is 0 Å². The summed E-state index contributed by atoms with van der Waals surface area (Å²) in [5, 5.41) is 20.3. The molecular weight excluding hydrogens is 299 g/mol. The van der Waals surface area contributed by atoms with Crippen LogP contribution in [0.2, 0.25) is 0 Å². The van der Waals surface area contributed by atoms with E-state index in [1.165, 1.54) is 42.5 Å². The molecule has 0 radical (unpaired) electrons. The fraction of sp³-hybridized carbons (Fsp3) is 0.118. The third kappa shape index (κ3) is 4.38. The first-order valence-electron chi connectivity index (χ1n) is 6.78. The van der Waals surface area contributed by atoms with E-state index >= 15 is 0 Å². The molecule has 2 aromatic carbocycles. The van der Waals surface area contributed by atoms with Gasteiger partial charge in [0.15, 0.2) is 0 Å². The zero-order chi connectivity index (χ0) is 16.8. The Morgan fingerprint density at radius 3 is 2.48 bits per heavy atom. The maximum Gasteiger partial charge on any atom is 0.326 e. The van der Waals surface area contributed by atoms with Crippen LogP contribution in [0.1, 0.15) is 21.5 Å². The Morgan fingerprint density at radius 2 is 1.91 bits per heavy atom. The molecule has 0 aliphatic heterocycles. The normalized spacial score (nSPS) is 11.3. The SMILES string of the molecule is N#Cc1ccc(C(=O)N[C@@H](Cc2cccc(F)c2)C(=O)O)cc1. The van der Waals surface area contributed by atoms with E-state index in [9.17, 15) is 19.1 Å². The van der Waals surface area contributed by atoms with E-state index in [2.05, 4.69) is 5.32 Å². The summed E-state index contributed by atoms with van der Waals surface area (Å²) in [5.41, 5.74) is 1.11. The number of carbonyl (C=O) groups excluding carboxylic acids is 1. The molecule has 0 aromatic heterocycles. The molecule has 0 aliphatic rings. The molecule has 1 atom stereocenters. The van der Waals surface area contributed by atoms with Gasteiger partial charge in [0.1, 0.15) is 11.9 Å². The summed E-state index contributed by atoms with van der Waals surface area (Å²) in [4.78, 5) is 23.4. The highest BCUT2D eigenvalue weighted by molar-refractivity contribution is 5.96. The molecular formula is C17H13FN2O3. The highest BCUT2D eigenvalue weighted by Gasteiger charge is 2.21. The van der Waals surface area contributed by atoms with E-state index < -0.39 is 23.7 Å². The van der Waals surface area contributed by atoms with Crippen molar-refractivity contribution in [1.29, 1.82) is 5.26 Å². The van der Waals surface area contributed by atoms with Crippen molar-refractivity contribution in [2.75, 3.05) is 0 Å². The van der Waals surface area contributed by atoms with E-state index in [0.29, 0.717) is 11.1 Å². The predicted molar refractivity (Wildman–Crippen MR) is 80.2 cm³/mol. The van der Waals surface area contributed by atoms with E-state index in [1.807, 2.05) is 6.07 Å². The van der Waals surface area contributed by atoms with Crippen molar-refractivity contribution < 1.29 is 19.1 Å². The number of amides is 1. The zero-order valence-corrected chi connectivity index (χ0v) is 12.0. The van der Waals surface area contributed by atoms with Crippen LogP contribution in [0, 0.1) is 17.1 Å². The van der Waals surface area contributed by atoms with E-state index in [4.69, 9.17) is 5.26 Å². The predicted octanol–water partition coefficient (Wildman–Crippen LogP) is 2.12. The molecule has 2 aromatic rings. The molecule has 2 N–H and O–H groups in total. The van der Waals surface area contributed by atoms with Gasteiger partial charge in [0.05, 0.1) is 11.6 Å². The maximum absolute atomic E-state index is 13.2. The topological polar surface area (TPSA) is 90.2 Å². The van der Waals surface area contributed by atoms with E-state index in [-0.39, 0.29) is 12.0 Å². The standard InChI is InChI=1S/C17H13FN2O3/c18-14-3-1-2-12(8-14)9-15(17(22)23)20-16(21)13-6-4-11(10-19)5-7-13/h1-8,15H,9H2,(H,20,21)(H,22,23)/t15-/m0/s1. The van der Waals surface area contributed by atoms with Gasteiger partial charge in [0.2, 0.25) is 0 Å². The molecule has 23 heavy (non-hydrogen) atoms. The quantitative estimate of drug-likeness (QED) is 0.885. The Balaban J connectivity index is 2.11. The number of carbonyl (C=O) groups is 2. The number of nitriles is 1. The average molecular weight is 312 g/mol. The number of nitrogens with one attached hydrogen (secondary N) is 1. The number of carboxylic acids is 1. The van der Waals surface area contributed by atoms with Gasteiger partial charge in [-0.25, -0.2) is 9.18 Å². The summed E-state index contributed by atoms with van der Waals surface area (Å²) < 4.78 is 13.2. The van der Waals surface area contributed by atoms with Gasteiger partial charge in [-0.05, 0) is 42.0 Å². The van der Waals surface area contributed by atoms with Crippen molar-refractivity contribution in [2.45, 2.75) is 12.5 Å². The van der Waals surface area contributed by atoms with Gasteiger partial charge in [-0.3, -0.25) is 4.79 Å².